The Morgan fingerprint density at radius 3 is 1.46 bits per heavy atom. The Morgan fingerprint density at radius 2 is 1.02 bits per heavy atom. The number of carbonyl (C=O) groups is 2. The molecule has 1 aliphatic heterocycles. The molecule has 6 aromatic rings. The minimum absolute atomic E-state index is 0.234. The Hall–Kier alpha value is -5.65. The van der Waals surface area contributed by atoms with Crippen molar-refractivity contribution < 1.29 is 41.8 Å². The molecular formula is C41H39FN2O8. The summed E-state index contributed by atoms with van der Waals surface area (Å²) >= 11 is 0. The van der Waals surface area contributed by atoms with Gasteiger partial charge in [0.05, 0.1) is 37.6 Å². The quantitative estimate of drug-likeness (QED) is 0.196. The van der Waals surface area contributed by atoms with E-state index in [1.165, 1.54) is 12.1 Å². The van der Waals surface area contributed by atoms with Crippen LogP contribution in [0, 0.1) is 12.7 Å². The second-order valence-electron chi connectivity index (χ2n) is 12.4. The summed E-state index contributed by atoms with van der Waals surface area (Å²) < 4.78 is 51.0. The highest BCUT2D eigenvalue weighted by atomic mass is 19.1. The highest BCUT2D eigenvalue weighted by molar-refractivity contribution is 6.13. The molecule has 0 saturated carbocycles. The summed E-state index contributed by atoms with van der Waals surface area (Å²) in [5, 5.41) is 6.78. The number of aryl methyl sites for hydroxylation is 1. The Balaban J connectivity index is 1.19. The maximum atomic E-state index is 13.8. The van der Waals surface area contributed by atoms with Gasteiger partial charge in [0.2, 0.25) is 0 Å². The lowest BCUT2D eigenvalue weighted by molar-refractivity contribution is 0.0935. The van der Waals surface area contributed by atoms with Crippen LogP contribution in [0.1, 0.15) is 37.4 Å². The molecule has 7 rings (SSSR count). The monoisotopic (exact) mass is 706 g/mol. The number of hydrogen-bond donors (Lipinski definition) is 2. The molecular weight excluding hydrogens is 667 g/mol. The average molecular weight is 707 g/mol. The number of amides is 2. The molecule has 268 valence electrons. The van der Waals surface area contributed by atoms with E-state index in [2.05, 4.69) is 10.6 Å². The Bertz CT molecular complexity index is 2080. The van der Waals surface area contributed by atoms with Crippen LogP contribution in [-0.2, 0) is 22.3 Å². The summed E-state index contributed by atoms with van der Waals surface area (Å²) in [6.45, 7) is 3.66. The molecule has 10 nitrogen and oxygen atoms in total. The smallest absolute Gasteiger partial charge is 0.255 e. The van der Waals surface area contributed by atoms with Crippen molar-refractivity contribution in [1.82, 2.24) is 10.6 Å². The molecule has 0 atom stereocenters. The van der Waals surface area contributed by atoms with Crippen molar-refractivity contribution in [3.8, 4) is 34.1 Å². The molecule has 2 N–H and O–H groups in total. The van der Waals surface area contributed by atoms with Gasteiger partial charge in [-0.15, -0.1) is 0 Å². The summed E-state index contributed by atoms with van der Waals surface area (Å²) in [7, 11) is 3.16. The van der Waals surface area contributed by atoms with Gasteiger partial charge in [-0.05, 0) is 55.5 Å². The van der Waals surface area contributed by atoms with Gasteiger partial charge in [0.25, 0.3) is 11.8 Å². The van der Waals surface area contributed by atoms with Crippen LogP contribution in [0.3, 0.4) is 0 Å². The molecule has 52 heavy (non-hydrogen) atoms. The zero-order chi connectivity index (χ0) is 36.2. The molecule has 0 unspecified atom stereocenters. The van der Waals surface area contributed by atoms with Crippen LogP contribution in [-0.4, -0.2) is 65.6 Å². The zero-order valence-corrected chi connectivity index (χ0v) is 29.2. The molecule has 4 aromatic carbocycles. The molecule has 0 aliphatic carbocycles. The van der Waals surface area contributed by atoms with Crippen molar-refractivity contribution in [1.29, 1.82) is 0 Å². The van der Waals surface area contributed by atoms with Crippen LogP contribution >= 0.6 is 0 Å². The molecule has 3 heterocycles. The SMILES string of the molecule is CNC(=O)c1c(-c2ccc(C)cc2)oc2ccc3c(c12)CCOCCOc1ccc2oc(-c4ccc(F)cc4)c(C(=O)NC)c2c1CCOCCO3. The number of hydrogen-bond acceptors (Lipinski definition) is 8. The number of rotatable bonds is 4. The van der Waals surface area contributed by atoms with Gasteiger partial charge in [0, 0.05) is 60.0 Å². The van der Waals surface area contributed by atoms with Crippen molar-refractivity contribution in [3.05, 3.63) is 106 Å². The third-order valence-electron chi connectivity index (χ3n) is 9.13. The van der Waals surface area contributed by atoms with Gasteiger partial charge < -0.3 is 38.4 Å². The van der Waals surface area contributed by atoms with Crippen molar-refractivity contribution in [2.45, 2.75) is 19.8 Å². The number of carbonyl (C=O) groups excluding carboxylic acids is 2. The van der Waals surface area contributed by atoms with Crippen LogP contribution in [0.4, 0.5) is 4.39 Å². The molecule has 1 aliphatic rings. The molecule has 0 bridgehead atoms. The van der Waals surface area contributed by atoms with Gasteiger partial charge in [0.15, 0.2) is 0 Å². The number of benzene rings is 4. The van der Waals surface area contributed by atoms with E-state index in [1.54, 1.807) is 32.3 Å². The number of fused-ring (bicyclic) bond motifs is 6. The number of halogens is 1. The Morgan fingerprint density at radius 1 is 0.577 bits per heavy atom. The predicted molar refractivity (Wildman–Crippen MR) is 195 cm³/mol. The van der Waals surface area contributed by atoms with Crippen molar-refractivity contribution in [2.24, 2.45) is 0 Å². The Labute approximate surface area is 299 Å². The van der Waals surface area contributed by atoms with E-state index in [4.69, 9.17) is 27.8 Å². The van der Waals surface area contributed by atoms with Gasteiger partial charge in [-0.25, -0.2) is 4.39 Å². The second kappa shape index (κ2) is 15.3. The van der Waals surface area contributed by atoms with Crippen LogP contribution in [0.5, 0.6) is 11.5 Å². The van der Waals surface area contributed by atoms with Crippen LogP contribution < -0.4 is 20.1 Å². The summed E-state index contributed by atoms with van der Waals surface area (Å²) in [4.78, 5) is 26.7. The van der Waals surface area contributed by atoms with Crippen LogP contribution in [0.25, 0.3) is 44.6 Å². The Kier molecular flexibility index (Phi) is 10.2. The third-order valence-corrected chi connectivity index (χ3v) is 9.13. The maximum absolute atomic E-state index is 13.8. The van der Waals surface area contributed by atoms with E-state index in [-0.39, 0.29) is 44.1 Å². The maximum Gasteiger partial charge on any atom is 0.255 e. The third kappa shape index (κ3) is 6.84. The zero-order valence-electron chi connectivity index (χ0n) is 29.2. The minimum Gasteiger partial charge on any atom is -0.491 e. The topological polar surface area (TPSA) is 121 Å². The second-order valence-corrected chi connectivity index (χ2v) is 12.4. The van der Waals surface area contributed by atoms with Crippen molar-refractivity contribution >= 4 is 33.8 Å². The number of nitrogens with one attached hydrogen (secondary N) is 2. The lowest BCUT2D eigenvalue weighted by Gasteiger charge is -2.16. The highest BCUT2D eigenvalue weighted by Gasteiger charge is 2.27. The molecule has 2 aromatic heterocycles. The first kappa shape index (κ1) is 34.8. The first-order chi connectivity index (χ1) is 25.4. The van der Waals surface area contributed by atoms with E-state index in [0.29, 0.717) is 87.7 Å². The first-order valence-corrected chi connectivity index (χ1v) is 17.2. The van der Waals surface area contributed by atoms with E-state index < -0.39 is 0 Å². The normalized spacial score (nSPS) is 14.2. The largest absolute Gasteiger partial charge is 0.491 e. The van der Waals surface area contributed by atoms with Crippen molar-refractivity contribution in [2.75, 3.05) is 53.7 Å². The van der Waals surface area contributed by atoms with Gasteiger partial charge in [0.1, 0.15) is 53.2 Å². The summed E-state index contributed by atoms with van der Waals surface area (Å²) in [5.74, 6) is 1.02. The van der Waals surface area contributed by atoms with Crippen LogP contribution in [0.15, 0.2) is 81.6 Å². The number of furan rings is 2. The summed E-state index contributed by atoms with van der Waals surface area (Å²) in [5.41, 5.74) is 5.87. The van der Waals surface area contributed by atoms with E-state index in [1.807, 2.05) is 49.4 Å². The van der Waals surface area contributed by atoms with E-state index in [9.17, 15) is 14.0 Å². The standard InChI is InChI=1S/C41H39FN2O8/c1-24-4-6-25(7-5-24)38-36(40(45)43-2)34-28-16-18-47-21-23-50-31-13-15-33-35(29(31)17-19-48-20-22-49-30(28)12-14-32(34)51-38)37(41(46)44-3)39(52-33)26-8-10-27(42)11-9-26/h4-15H,16-23H2,1-3H3,(H,43,45)(H,44,46). The lowest BCUT2D eigenvalue weighted by Crippen LogP contribution is -2.19. The van der Waals surface area contributed by atoms with Gasteiger partial charge in [-0.2, -0.15) is 0 Å². The molecule has 0 fully saturated rings. The predicted octanol–water partition coefficient (Wildman–Crippen LogP) is 7.27. The highest BCUT2D eigenvalue weighted by Crippen LogP contribution is 2.41. The fourth-order valence-corrected chi connectivity index (χ4v) is 6.62. The lowest BCUT2D eigenvalue weighted by atomic mass is 9.98. The van der Waals surface area contributed by atoms with Gasteiger partial charge in [-0.1, -0.05) is 29.8 Å². The van der Waals surface area contributed by atoms with Gasteiger partial charge in [-0.3, -0.25) is 9.59 Å². The van der Waals surface area contributed by atoms with Gasteiger partial charge >= 0.3 is 0 Å². The first-order valence-electron chi connectivity index (χ1n) is 17.2. The van der Waals surface area contributed by atoms with E-state index >= 15 is 0 Å². The van der Waals surface area contributed by atoms with E-state index in [0.717, 1.165) is 22.3 Å². The number of ether oxygens (including phenoxy) is 4. The van der Waals surface area contributed by atoms with Crippen molar-refractivity contribution in [3.63, 3.8) is 0 Å². The minimum atomic E-state index is -0.389. The molecule has 0 spiro atoms. The molecule has 11 heteroatoms. The molecule has 0 saturated heterocycles. The molecule has 0 radical (unpaired) electrons. The fourth-order valence-electron chi connectivity index (χ4n) is 6.62. The molecule has 2 amide bonds. The van der Waals surface area contributed by atoms with Crippen LogP contribution in [0.2, 0.25) is 0 Å². The summed E-state index contributed by atoms with van der Waals surface area (Å²) in [6.07, 6.45) is 0.849. The average Bonchev–Trinajstić information content (AvgIpc) is 3.74. The summed E-state index contributed by atoms with van der Waals surface area (Å²) in [6, 6.07) is 20.9. The fraction of sp³-hybridized carbons (Fsp3) is 0.268.